The van der Waals surface area contributed by atoms with E-state index in [1.165, 1.54) is 5.56 Å². The van der Waals surface area contributed by atoms with Gasteiger partial charge in [0, 0.05) is 39.3 Å². The summed E-state index contributed by atoms with van der Waals surface area (Å²) >= 11 is 0. The molecule has 156 valence electrons. The second kappa shape index (κ2) is 9.13. The first-order chi connectivity index (χ1) is 14.7. The molecule has 1 aliphatic rings. The van der Waals surface area contributed by atoms with Crippen LogP contribution in [0.4, 0.5) is 0 Å². The number of fused-ring (bicyclic) bond motifs is 1. The van der Waals surface area contributed by atoms with Crippen LogP contribution in [0.1, 0.15) is 12.5 Å². The quantitative estimate of drug-likeness (QED) is 0.635. The van der Waals surface area contributed by atoms with Crippen LogP contribution in [0.25, 0.3) is 17.1 Å². The third-order valence-electron chi connectivity index (χ3n) is 5.73. The van der Waals surface area contributed by atoms with E-state index in [-0.39, 0.29) is 18.1 Å². The van der Waals surface area contributed by atoms with E-state index in [1.54, 1.807) is 9.13 Å². The number of piperazine rings is 1. The first-order valence-electron chi connectivity index (χ1n) is 10.6. The van der Waals surface area contributed by atoms with Crippen LogP contribution >= 0.6 is 0 Å². The Bertz CT molecular complexity index is 1090. The fraction of sp³-hybridized carbons (Fsp3) is 0.333. The maximum Gasteiger partial charge on any atom is 0.329 e. The van der Waals surface area contributed by atoms with Crippen molar-refractivity contribution < 1.29 is 4.79 Å². The van der Waals surface area contributed by atoms with E-state index < -0.39 is 0 Å². The minimum atomic E-state index is -0.114. The highest BCUT2D eigenvalue weighted by molar-refractivity contribution is 5.81. The zero-order valence-electron chi connectivity index (χ0n) is 17.4. The van der Waals surface area contributed by atoms with Crippen molar-refractivity contribution in [1.82, 2.24) is 18.9 Å². The van der Waals surface area contributed by atoms with E-state index in [0.717, 1.165) is 30.7 Å². The number of aryl methyl sites for hydroxylation is 1. The van der Waals surface area contributed by atoms with Crippen LogP contribution in [-0.4, -0.2) is 57.6 Å². The van der Waals surface area contributed by atoms with Crippen molar-refractivity contribution in [3.8, 4) is 0 Å². The van der Waals surface area contributed by atoms with Crippen molar-refractivity contribution in [3.05, 3.63) is 76.7 Å². The SMILES string of the molecule is CCn1c(=O)n(CC(=O)N2CCN(C/C=C/c3ccccc3)CC2)c2ccccc21. The van der Waals surface area contributed by atoms with Crippen molar-refractivity contribution in [2.24, 2.45) is 0 Å². The van der Waals surface area contributed by atoms with Gasteiger partial charge in [-0.1, -0.05) is 54.6 Å². The van der Waals surface area contributed by atoms with Gasteiger partial charge in [0.1, 0.15) is 6.54 Å². The summed E-state index contributed by atoms with van der Waals surface area (Å²) in [5, 5.41) is 0. The van der Waals surface area contributed by atoms with Crippen LogP contribution in [0, 0.1) is 0 Å². The van der Waals surface area contributed by atoms with Crippen LogP contribution in [0.3, 0.4) is 0 Å². The van der Waals surface area contributed by atoms with Crippen molar-refractivity contribution in [2.75, 3.05) is 32.7 Å². The minimum Gasteiger partial charge on any atom is -0.339 e. The van der Waals surface area contributed by atoms with Crippen molar-refractivity contribution in [2.45, 2.75) is 20.0 Å². The molecule has 1 fully saturated rings. The summed E-state index contributed by atoms with van der Waals surface area (Å²) in [5.41, 5.74) is 2.79. The molecule has 0 radical (unpaired) electrons. The molecule has 6 nitrogen and oxygen atoms in total. The Morgan fingerprint density at radius 2 is 1.53 bits per heavy atom. The lowest BCUT2D eigenvalue weighted by molar-refractivity contribution is -0.133. The summed E-state index contributed by atoms with van der Waals surface area (Å²) in [6.45, 7) is 6.59. The van der Waals surface area contributed by atoms with Crippen molar-refractivity contribution in [1.29, 1.82) is 0 Å². The summed E-state index contributed by atoms with van der Waals surface area (Å²) in [4.78, 5) is 29.9. The molecule has 1 aromatic heterocycles. The van der Waals surface area contributed by atoms with E-state index in [0.29, 0.717) is 19.6 Å². The molecule has 0 atom stereocenters. The number of carbonyl (C=O) groups excluding carboxylic acids is 1. The highest BCUT2D eigenvalue weighted by Gasteiger charge is 2.22. The normalized spacial score (nSPS) is 15.3. The van der Waals surface area contributed by atoms with Gasteiger partial charge in [-0.3, -0.25) is 18.8 Å². The number of carbonyl (C=O) groups is 1. The smallest absolute Gasteiger partial charge is 0.329 e. The Hall–Kier alpha value is -3.12. The van der Waals surface area contributed by atoms with Crippen LogP contribution in [0.2, 0.25) is 0 Å². The molecule has 1 amide bonds. The summed E-state index contributed by atoms with van der Waals surface area (Å²) in [5.74, 6) is 0.00980. The van der Waals surface area contributed by atoms with Crippen LogP contribution in [0.5, 0.6) is 0 Å². The summed E-state index contributed by atoms with van der Waals surface area (Å²) < 4.78 is 3.33. The van der Waals surface area contributed by atoms with Crippen LogP contribution in [-0.2, 0) is 17.9 Å². The number of rotatable bonds is 6. The van der Waals surface area contributed by atoms with Gasteiger partial charge in [0.05, 0.1) is 11.0 Å². The number of benzene rings is 2. The number of hydrogen-bond donors (Lipinski definition) is 0. The molecule has 2 aromatic carbocycles. The summed E-state index contributed by atoms with van der Waals surface area (Å²) in [6, 6.07) is 17.9. The molecule has 0 aliphatic carbocycles. The van der Waals surface area contributed by atoms with Gasteiger partial charge in [-0.15, -0.1) is 0 Å². The number of amides is 1. The number of nitrogens with zero attached hydrogens (tertiary/aromatic N) is 4. The molecule has 2 heterocycles. The number of para-hydroxylation sites is 2. The fourth-order valence-corrected chi connectivity index (χ4v) is 4.05. The topological polar surface area (TPSA) is 50.5 Å². The molecule has 0 spiro atoms. The molecule has 4 rings (SSSR count). The number of aromatic nitrogens is 2. The van der Waals surface area contributed by atoms with Gasteiger partial charge >= 0.3 is 5.69 Å². The van der Waals surface area contributed by atoms with Gasteiger partial charge in [-0.05, 0) is 24.6 Å². The monoisotopic (exact) mass is 404 g/mol. The molecule has 30 heavy (non-hydrogen) atoms. The standard InChI is InChI=1S/C24H28N4O2/c1-2-27-21-12-6-7-13-22(21)28(24(27)30)19-23(29)26-17-15-25(16-18-26)14-8-11-20-9-4-3-5-10-20/h3-13H,2,14-19H2,1H3/b11-8+. The maximum atomic E-state index is 12.9. The minimum absolute atomic E-state index is 0.00980. The van der Waals surface area contributed by atoms with Crippen molar-refractivity contribution >= 4 is 23.0 Å². The fourth-order valence-electron chi connectivity index (χ4n) is 4.05. The Morgan fingerprint density at radius 1 is 0.900 bits per heavy atom. The van der Waals surface area contributed by atoms with Gasteiger partial charge in [0.2, 0.25) is 5.91 Å². The Balaban J connectivity index is 1.35. The lowest BCUT2D eigenvalue weighted by atomic mass is 10.2. The van der Waals surface area contributed by atoms with Gasteiger partial charge in [0.25, 0.3) is 0 Å². The third-order valence-corrected chi connectivity index (χ3v) is 5.73. The third kappa shape index (κ3) is 4.24. The average molecular weight is 405 g/mol. The van der Waals surface area contributed by atoms with Crippen LogP contribution < -0.4 is 5.69 Å². The largest absolute Gasteiger partial charge is 0.339 e. The first kappa shape index (κ1) is 20.2. The zero-order chi connectivity index (χ0) is 20.9. The van der Waals surface area contributed by atoms with E-state index in [9.17, 15) is 9.59 Å². The first-order valence-corrected chi connectivity index (χ1v) is 10.6. The van der Waals surface area contributed by atoms with Crippen molar-refractivity contribution in [3.63, 3.8) is 0 Å². The highest BCUT2D eigenvalue weighted by Crippen LogP contribution is 2.13. The maximum absolute atomic E-state index is 12.9. The lowest BCUT2D eigenvalue weighted by Gasteiger charge is -2.34. The van der Waals surface area contributed by atoms with Gasteiger partial charge < -0.3 is 4.90 Å². The van der Waals surface area contributed by atoms with E-state index >= 15 is 0 Å². The average Bonchev–Trinajstić information content (AvgIpc) is 3.05. The molecule has 0 saturated carbocycles. The second-order valence-electron chi connectivity index (χ2n) is 7.60. The van der Waals surface area contributed by atoms with Gasteiger partial charge in [-0.2, -0.15) is 0 Å². The predicted octanol–water partition coefficient (Wildman–Crippen LogP) is 2.68. The zero-order valence-corrected chi connectivity index (χ0v) is 17.4. The van der Waals surface area contributed by atoms with E-state index in [2.05, 4.69) is 29.2 Å². The van der Waals surface area contributed by atoms with E-state index in [4.69, 9.17) is 0 Å². The predicted molar refractivity (Wildman–Crippen MR) is 120 cm³/mol. The number of imidazole rings is 1. The molecular weight excluding hydrogens is 376 g/mol. The molecule has 0 bridgehead atoms. The molecular formula is C24H28N4O2. The molecule has 3 aromatic rings. The van der Waals surface area contributed by atoms with Gasteiger partial charge in [-0.25, -0.2) is 4.79 Å². The summed E-state index contributed by atoms with van der Waals surface area (Å²) in [6.07, 6.45) is 4.30. The Morgan fingerprint density at radius 3 is 2.20 bits per heavy atom. The summed E-state index contributed by atoms with van der Waals surface area (Å²) in [7, 11) is 0. The lowest BCUT2D eigenvalue weighted by Crippen LogP contribution is -2.49. The van der Waals surface area contributed by atoms with E-state index in [1.807, 2.05) is 54.3 Å². The van der Waals surface area contributed by atoms with Crippen LogP contribution in [0.15, 0.2) is 65.5 Å². The Kier molecular flexibility index (Phi) is 6.14. The molecule has 0 unspecified atom stereocenters. The molecule has 1 aliphatic heterocycles. The second-order valence-corrected chi connectivity index (χ2v) is 7.60. The number of hydrogen-bond acceptors (Lipinski definition) is 3. The molecule has 6 heteroatoms. The molecule has 0 N–H and O–H groups in total. The van der Waals surface area contributed by atoms with Gasteiger partial charge in [0.15, 0.2) is 0 Å². The molecule has 1 saturated heterocycles. The Labute approximate surface area is 176 Å². The highest BCUT2D eigenvalue weighted by atomic mass is 16.2.